The number of hydrogen-bond donors (Lipinski definition) is 4. The summed E-state index contributed by atoms with van der Waals surface area (Å²) in [5.41, 5.74) is 18.5. The van der Waals surface area contributed by atoms with Crippen LogP contribution < -0.4 is 22.8 Å². The Bertz CT molecular complexity index is 757. The number of rotatable bonds is 8. The zero-order chi connectivity index (χ0) is 17.5. The molecule has 2 rings (SSSR count). The molecule has 0 fully saturated rings. The number of ketones is 1. The molecular formula is C17H23N5O2. The highest BCUT2D eigenvalue weighted by Crippen LogP contribution is 2.20. The molecule has 0 amide bonds. The van der Waals surface area contributed by atoms with Crippen molar-refractivity contribution in [2.45, 2.75) is 25.7 Å². The van der Waals surface area contributed by atoms with Gasteiger partial charge < -0.3 is 17.2 Å². The van der Waals surface area contributed by atoms with E-state index in [2.05, 4.69) is 9.97 Å². The molecule has 0 radical (unpaired) electrons. The lowest BCUT2D eigenvalue weighted by atomic mass is 9.88. The first kappa shape index (κ1) is 17.7. The largest absolute Gasteiger partial charge is 0.399 e. The molecule has 1 aromatic heterocycles. The van der Waals surface area contributed by atoms with Crippen molar-refractivity contribution in [1.29, 1.82) is 0 Å². The molecule has 0 aliphatic heterocycles. The summed E-state index contributed by atoms with van der Waals surface area (Å²) in [6, 6.07) is 7.48. The maximum atomic E-state index is 12.7. The molecule has 1 atom stereocenters. The van der Waals surface area contributed by atoms with Crippen LogP contribution in [0.2, 0.25) is 0 Å². The van der Waals surface area contributed by atoms with Crippen LogP contribution in [-0.2, 0) is 17.6 Å². The number of aromatic amines is 1. The predicted molar refractivity (Wildman–Crippen MR) is 94.3 cm³/mol. The van der Waals surface area contributed by atoms with E-state index in [1.807, 2.05) is 24.3 Å². The summed E-state index contributed by atoms with van der Waals surface area (Å²) in [4.78, 5) is 30.8. The Morgan fingerprint density at radius 2 is 1.96 bits per heavy atom. The summed E-state index contributed by atoms with van der Waals surface area (Å²) in [6.45, 7) is 0.512. The number of aromatic nitrogens is 2. The van der Waals surface area contributed by atoms with Crippen LogP contribution in [-0.4, -0.2) is 22.3 Å². The Kier molecular flexibility index (Phi) is 6.08. The van der Waals surface area contributed by atoms with Crippen molar-refractivity contribution in [3.05, 3.63) is 51.9 Å². The second kappa shape index (κ2) is 8.26. The van der Waals surface area contributed by atoms with Gasteiger partial charge in [0.15, 0.2) is 5.95 Å². The molecule has 1 unspecified atom stereocenters. The van der Waals surface area contributed by atoms with Gasteiger partial charge in [0, 0.05) is 29.8 Å². The number of anilines is 2. The normalized spacial score (nSPS) is 12.0. The van der Waals surface area contributed by atoms with Gasteiger partial charge >= 0.3 is 0 Å². The van der Waals surface area contributed by atoms with Gasteiger partial charge in [-0.05, 0) is 37.4 Å². The Morgan fingerprint density at radius 1 is 1.21 bits per heavy atom. The van der Waals surface area contributed by atoms with Crippen LogP contribution in [0.25, 0.3) is 0 Å². The van der Waals surface area contributed by atoms with Gasteiger partial charge in [-0.1, -0.05) is 18.2 Å². The van der Waals surface area contributed by atoms with E-state index in [0.717, 1.165) is 12.0 Å². The van der Waals surface area contributed by atoms with Crippen LogP contribution >= 0.6 is 0 Å². The minimum Gasteiger partial charge on any atom is -0.399 e. The number of hydrogen-bond acceptors (Lipinski definition) is 6. The number of H-pyrrole nitrogens is 1. The highest BCUT2D eigenvalue weighted by Gasteiger charge is 2.21. The Morgan fingerprint density at radius 3 is 2.62 bits per heavy atom. The molecule has 0 bridgehead atoms. The molecule has 7 heteroatoms. The number of Topliss-reactive ketones (excluding diaryl/α,β-unsaturated/α-hetero) is 1. The third kappa shape index (κ3) is 4.66. The van der Waals surface area contributed by atoms with Crippen molar-refractivity contribution in [3.63, 3.8) is 0 Å². The molecule has 1 aromatic carbocycles. The van der Waals surface area contributed by atoms with Crippen molar-refractivity contribution in [1.82, 2.24) is 9.97 Å². The second-order valence-corrected chi connectivity index (χ2v) is 5.80. The summed E-state index contributed by atoms with van der Waals surface area (Å²) in [7, 11) is 0. The van der Waals surface area contributed by atoms with Gasteiger partial charge in [0.2, 0.25) is 0 Å². The molecule has 128 valence electrons. The summed E-state index contributed by atoms with van der Waals surface area (Å²) >= 11 is 0. The molecule has 7 nitrogen and oxygen atoms in total. The van der Waals surface area contributed by atoms with E-state index in [-0.39, 0.29) is 29.6 Å². The van der Waals surface area contributed by atoms with Crippen LogP contribution in [0.15, 0.2) is 35.3 Å². The zero-order valence-electron chi connectivity index (χ0n) is 13.5. The van der Waals surface area contributed by atoms with E-state index in [1.165, 1.54) is 6.20 Å². The molecule has 7 N–H and O–H groups in total. The molecule has 0 spiro atoms. The van der Waals surface area contributed by atoms with Gasteiger partial charge in [0.25, 0.3) is 5.56 Å². The average Bonchev–Trinajstić information content (AvgIpc) is 2.55. The molecular weight excluding hydrogens is 306 g/mol. The molecule has 2 aromatic rings. The Labute approximate surface area is 140 Å². The van der Waals surface area contributed by atoms with Crippen LogP contribution in [0, 0.1) is 5.92 Å². The summed E-state index contributed by atoms with van der Waals surface area (Å²) < 4.78 is 0. The third-order valence-electron chi connectivity index (χ3n) is 3.99. The summed E-state index contributed by atoms with van der Waals surface area (Å²) in [6.07, 6.45) is 3.29. The van der Waals surface area contributed by atoms with Gasteiger partial charge in [-0.25, -0.2) is 4.98 Å². The Hall–Kier alpha value is -2.67. The number of carbonyl (C=O) groups is 1. The van der Waals surface area contributed by atoms with Gasteiger partial charge in [-0.3, -0.25) is 14.6 Å². The lowest BCUT2D eigenvalue weighted by Crippen LogP contribution is -2.25. The standard InChI is InChI=1S/C17H23N5O2/c18-7-3-5-12(8-11-4-1-2-6-14(11)19)15(23)9-13-10-21-17(20)22-16(13)24/h1-2,4,6,10,12H,3,5,7-9,18-19H2,(H3,20,21,22,24). The number of benzene rings is 1. The molecule has 0 saturated heterocycles. The van der Waals surface area contributed by atoms with Crippen molar-refractivity contribution in [3.8, 4) is 0 Å². The lowest BCUT2D eigenvalue weighted by molar-refractivity contribution is -0.122. The first-order chi connectivity index (χ1) is 11.5. The van der Waals surface area contributed by atoms with Crippen LogP contribution in [0.4, 0.5) is 11.6 Å². The molecule has 0 aliphatic carbocycles. The third-order valence-corrected chi connectivity index (χ3v) is 3.99. The van der Waals surface area contributed by atoms with Crippen LogP contribution in [0.5, 0.6) is 0 Å². The molecule has 24 heavy (non-hydrogen) atoms. The highest BCUT2D eigenvalue weighted by atomic mass is 16.1. The predicted octanol–water partition coefficient (Wildman–Crippen LogP) is 0.644. The van der Waals surface area contributed by atoms with E-state index >= 15 is 0 Å². The summed E-state index contributed by atoms with van der Waals surface area (Å²) in [5, 5.41) is 0. The number of nitrogens with two attached hydrogens (primary N) is 3. The Balaban J connectivity index is 2.15. The monoisotopic (exact) mass is 329 g/mol. The van der Waals surface area contributed by atoms with E-state index in [1.54, 1.807) is 0 Å². The highest BCUT2D eigenvalue weighted by molar-refractivity contribution is 5.83. The fourth-order valence-electron chi connectivity index (χ4n) is 2.62. The maximum Gasteiger partial charge on any atom is 0.255 e. The van der Waals surface area contributed by atoms with Crippen LogP contribution in [0.3, 0.4) is 0 Å². The lowest BCUT2D eigenvalue weighted by Gasteiger charge is -2.16. The van der Waals surface area contributed by atoms with Crippen LogP contribution in [0.1, 0.15) is 24.0 Å². The van der Waals surface area contributed by atoms with Gasteiger partial charge in [0.1, 0.15) is 5.78 Å². The molecule has 0 aliphatic rings. The summed E-state index contributed by atoms with van der Waals surface area (Å²) in [5.74, 6) is -0.230. The minimum absolute atomic E-state index is 0.0184. The number of nitrogens with one attached hydrogen (secondary N) is 1. The zero-order valence-corrected chi connectivity index (χ0v) is 13.5. The van der Waals surface area contributed by atoms with E-state index in [4.69, 9.17) is 17.2 Å². The fraction of sp³-hybridized carbons (Fsp3) is 0.353. The topological polar surface area (TPSA) is 141 Å². The van der Waals surface area contributed by atoms with Crippen molar-refractivity contribution >= 4 is 17.4 Å². The first-order valence-corrected chi connectivity index (χ1v) is 7.91. The van der Waals surface area contributed by atoms with Crippen molar-refractivity contribution in [2.75, 3.05) is 18.0 Å². The number of para-hydroxylation sites is 1. The second-order valence-electron chi connectivity index (χ2n) is 5.80. The van der Waals surface area contributed by atoms with Gasteiger partial charge in [0.05, 0.1) is 0 Å². The van der Waals surface area contributed by atoms with Crippen molar-refractivity contribution < 1.29 is 4.79 Å². The SMILES string of the molecule is NCCCC(Cc1ccccc1N)C(=O)Cc1cnc(N)[nH]c1=O. The van der Waals surface area contributed by atoms with Gasteiger partial charge in [-0.2, -0.15) is 0 Å². The number of carbonyl (C=O) groups excluding carboxylic acids is 1. The maximum absolute atomic E-state index is 12.7. The number of nitrogens with zero attached hydrogens (tertiary/aromatic N) is 1. The van der Waals surface area contributed by atoms with E-state index < -0.39 is 0 Å². The van der Waals surface area contributed by atoms with Gasteiger partial charge in [-0.15, -0.1) is 0 Å². The molecule has 1 heterocycles. The fourth-order valence-corrected chi connectivity index (χ4v) is 2.62. The molecule has 0 saturated carbocycles. The van der Waals surface area contributed by atoms with Crippen molar-refractivity contribution in [2.24, 2.45) is 11.7 Å². The number of nitrogen functional groups attached to an aromatic ring is 2. The van der Waals surface area contributed by atoms with E-state index in [0.29, 0.717) is 30.6 Å². The average molecular weight is 329 g/mol. The minimum atomic E-state index is -0.382. The quantitative estimate of drug-likeness (QED) is 0.524. The first-order valence-electron chi connectivity index (χ1n) is 7.91. The van der Waals surface area contributed by atoms with E-state index in [9.17, 15) is 9.59 Å². The smallest absolute Gasteiger partial charge is 0.255 e.